The van der Waals surface area contributed by atoms with E-state index in [-0.39, 0.29) is 12.2 Å². The van der Waals surface area contributed by atoms with E-state index in [1.165, 1.54) is 0 Å². The number of aryl methyl sites for hydroxylation is 1. The van der Waals surface area contributed by atoms with Crippen molar-refractivity contribution in [2.45, 2.75) is 79.6 Å². The molecule has 0 aliphatic rings. The molecular formula is C30H44O6. The van der Waals surface area contributed by atoms with Gasteiger partial charge in [0.15, 0.2) is 17.3 Å². The molecule has 0 spiro atoms. The highest BCUT2D eigenvalue weighted by Gasteiger charge is 2.24. The summed E-state index contributed by atoms with van der Waals surface area (Å²) in [6.07, 6.45) is 5.16. The number of carbonyl (C=O) groups is 1. The maximum absolute atomic E-state index is 13.7. The minimum atomic E-state index is -0.0459. The maximum atomic E-state index is 13.7. The van der Waals surface area contributed by atoms with Gasteiger partial charge in [-0.1, -0.05) is 34.6 Å². The highest BCUT2D eigenvalue weighted by molar-refractivity contribution is 6.02. The van der Waals surface area contributed by atoms with Gasteiger partial charge in [-0.05, 0) is 74.4 Å². The summed E-state index contributed by atoms with van der Waals surface area (Å²) in [4.78, 5) is 13.7. The van der Waals surface area contributed by atoms with E-state index in [4.69, 9.17) is 23.7 Å². The summed E-state index contributed by atoms with van der Waals surface area (Å²) in [6, 6.07) is 9.51. The topological polar surface area (TPSA) is 63.2 Å². The van der Waals surface area contributed by atoms with Gasteiger partial charge in [0, 0.05) is 6.42 Å². The van der Waals surface area contributed by atoms with Crippen LogP contribution in [0.4, 0.5) is 0 Å². The second-order valence-corrected chi connectivity index (χ2v) is 8.70. The molecule has 0 aliphatic carbocycles. The zero-order valence-corrected chi connectivity index (χ0v) is 22.8. The molecule has 0 radical (unpaired) electrons. The molecule has 36 heavy (non-hydrogen) atoms. The Hall–Kier alpha value is -2.89. The Labute approximate surface area is 217 Å². The van der Waals surface area contributed by atoms with Gasteiger partial charge in [-0.15, -0.1) is 0 Å². The third-order valence-electron chi connectivity index (χ3n) is 5.32. The van der Waals surface area contributed by atoms with Gasteiger partial charge in [0.1, 0.15) is 22.8 Å². The summed E-state index contributed by atoms with van der Waals surface area (Å²) in [6.45, 7) is 13.1. The lowest BCUT2D eigenvalue weighted by Gasteiger charge is -2.19. The van der Waals surface area contributed by atoms with Gasteiger partial charge < -0.3 is 23.7 Å². The number of carbonyl (C=O) groups excluding carboxylic acids is 1. The first kappa shape index (κ1) is 29.3. The van der Waals surface area contributed by atoms with E-state index < -0.39 is 0 Å². The molecule has 0 bridgehead atoms. The summed E-state index contributed by atoms with van der Waals surface area (Å²) in [5.74, 6) is 3.14. The van der Waals surface area contributed by atoms with Crippen LogP contribution in [-0.4, -0.2) is 38.8 Å². The van der Waals surface area contributed by atoms with Gasteiger partial charge in [0.25, 0.3) is 0 Å². The van der Waals surface area contributed by atoms with Crippen molar-refractivity contribution in [3.8, 4) is 28.7 Å². The highest BCUT2D eigenvalue weighted by atomic mass is 16.5. The lowest BCUT2D eigenvalue weighted by molar-refractivity contribution is 0.0973. The molecule has 0 aromatic heterocycles. The molecule has 0 amide bonds. The molecule has 0 fully saturated rings. The number of hydrogen-bond acceptors (Lipinski definition) is 6. The fraction of sp³-hybridized carbons (Fsp3) is 0.567. The molecule has 0 aliphatic heterocycles. The molecule has 2 aromatic carbocycles. The number of rotatable bonds is 19. The number of hydrogen-bond donors (Lipinski definition) is 0. The first-order chi connectivity index (χ1) is 17.6. The highest BCUT2D eigenvalue weighted by Crippen LogP contribution is 2.39. The fourth-order valence-electron chi connectivity index (χ4n) is 3.60. The van der Waals surface area contributed by atoms with E-state index in [1.54, 1.807) is 0 Å². The van der Waals surface area contributed by atoms with E-state index in [0.717, 1.165) is 49.2 Å². The second-order valence-electron chi connectivity index (χ2n) is 8.70. The molecule has 0 saturated carbocycles. The van der Waals surface area contributed by atoms with Crippen molar-refractivity contribution in [3.05, 3.63) is 41.5 Å². The largest absolute Gasteiger partial charge is 0.494 e. The molecular weight excluding hydrogens is 456 g/mol. The van der Waals surface area contributed by atoms with Crippen LogP contribution in [0.15, 0.2) is 30.3 Å². The Bertz CT molecular complexity index is 924. The van der Waals surface area contributed by atoms with Crippen molar-refractivity contribution in [2.75, 3.05) is 33.0 Å². The molecule has 0 atom stereocenters. The predicted molar refractivity (Wildman–Crippen MR) is 144 cm³/mol. The molecule has 2 aromatic rings. The van der Waals surface area contributed by atoms with Crippen LogP contribution in [0, 0.1) is 0 Å². The van der Waals surface area contributed by atoms with E-state index in [9.17, 15) is 4.79 Å². The zero-order valence-electron chi connectivity index (χ0n) is 22.8. The van der Waals surface area contributed by atoms with Crippen LogP contribution in [0.1, 0.15) is 89.1 Å². The first-order valence-electron chi connectivity index (χ1n) is 13.6. The third-order valence-corrected chi connectivity index (χ3v) is 5.32. The molecule has 0 saturated heterocycles. The average Bonchev–Trinajstić information content (AvgIpc) is 2.90. The van der Waals surface area contributed by atoms with Gasteiger partial charge in [-0.3, -0.25) is 4.79 Å². The summed E-state index contributed by atoms with van der Waals surface area (Å²) >= 11 is 0. The summed E-state index contributed by atoms with van der Waals surface area (Å²) in [5, 5.41) is 0. The van der Waals surface area contributed by atoms with E-state index >= 15 is 0 Å². The summed E-state index contributed by atoms with van der Waals surface area (Å²) in [5.41, 5.74) is 1.41. The van der Waals surface area contributed by atoms with Gasteiger partial charge in [0.05, 0.1) is 33.0 Å². The number of ether oxygens (including phenoxy) is 5. The van der Waals surface area contributed by atoms with Crippen molar-refractivity contribution >= 4 is 5.78 Å². The monoisotopic (exact) mass is 500 g/mol. The molecule has 6 heteroatoms. The number of ketones is 1. The predicted octanol–water partition coefficient (Wildman–Crippen LogP) is 7.45. The Balaban J connectivity index is 2.38. The van der Waals surface area contributed by atoms with Gasteiger partial charge >= 0.3 is 0 Å². The normalized spacial score (nSPS) is 10.7. The molecule has 0 heterocycles. The van der Waals surface area contributed by atoms with Crippen LogP contribution in [-0.2, 0) is 6.42 Å². The molecule has 2 rings (SSSR count). The standard InChI is InChI=1S/C30H44O6/c1-6-17-32-24-12-14-26(33-18-7-2)23(22-24)11-13-25(31)29-27(34-19-8-3)15-16-28(35-20-9-4)30(29)36-21-10-5/h12,14-16,22H,6-11,13,17-21H2,1-5H3. The average molecular weight is 501 g/mol. The molecule has 0 unspecified atom stereocenters. The summed E-state index contributed by atoms with van der Waals surface area (Å²) in [7, 11) is 0. The van der Waals surface area contributed by atoms with Crippen LogP contribution in [0.5, 0.6) is 28.7 Å². The molecule has 0 N–H and O–H groups in total. The van der Waals surface area contributed by atoms with Crippen LogP contribution in [0.3, 0.4) is 0 Å². The SMILES string of the molecule is CCCOc1ccc(OCCC)c(CCC(=O)c2c(OCCC)ccc(OCCC)c2OCCC)c1. The Morgan fingerprint density at radius 3 is 1.75 bits per heavy atom. The quantitative estimate of drug-likeness (QED) is 0.187. The maximum Gasteiger partial charge on any atom is 0.175 e. The van der Waals surface area contributed by atoms with Crippen molar-refractivity contribution in [2.24, 2.45) is 0 Å². The Morgan fingerprint density at radius 1 is 0.611 bits per heavy atom. The van der Waals surface area contributed by atoms with Gasteiger partial charge in [-0.2, -0.15) is 0 Å². The summed E-state index contributed by atoms with van der Waals surface area (Å²) < 4.78 is 29.8. The molecule has 6 nitrogen and oxygen atoms in total. The molecule has 200 valence electrons. The lowest BCUT2D eigenvalue weighted by atomic mass is 10.00. The van der Waals surface area contributed by atoms with Crippen LogP contribution >= 0.6 is 0 Å². The van der Waals surface area contributed by atoms with Crippen molar-refractivity contribution in [3.63, 3.8) is 0 Å². The van der Waals surface area contributed by atoms with Crippen molar-refractivity contribution in [1.82, 2.24) is 0 Å². The first-order valence-corrected chi connectivity index (χ1v) is 13.6. The van der Waals surface area contributed by atoms with Gasteiger partial charge in [0.2, 0.25) is 0 Å². The smallest absolute Gasteiger partial charge is 0.175 e. The Morgan fingerprint density at radius 2 is 1.11 bits per heavy atom. The number of Topliss-reactive ketones (excluding diaryl/α,β-unsaturated/α-hetero) is 1. The zero-order chi connectivity index (χ0) is 26.2. The van der Waals surface area contributed by atoms with E-state index in [0.29, 0.717) is 62.3 Å². The lowest BCUT2D eigenvalue weighted by Crippen LogP contribution is -2.12. The van der Waals surface area contributed by atoms with Crippen molar-refractivity contribution in [1.29, 1.82) is 0 Å². The van der Waals surface area contributed by atoms with E-state index in [1.807, 2.05) is 51.1 Å². The van der Waals surface area contributed by atoms with Crippen LogP contribution < -0.4 is 23.7 Å². The van der Waals surface area contributed by atoms with Crippen LogP contribution in [0.25, 0.3) is 0 Å². The van der Waals surface area contributed by atoms with Crippen molar-refractivity contribution < 1.29 is 28.5 Å². The fourth-order valence-corrected chi connectivity index (χ4v) is 3.60. The van der Waals surface area contributed by atoms with Crippen LogP contribution in [0.2, 0.25) is 0 Å². The minimum Gasteiger partial charge on any atom is -0.494 e. The van der Waals surface area contributed by atoms with Gasteiger partial charge in [-0.25, -0.2) is 0 Å². The van der Waals surface area contributed by atoms with E-state index in [2.05, 4.69) is 13.8 Å². The Kier molecular flexibility index (Phi) is 13.6. The minimum absolute atomic E-state index is 0.0459. The number of benzene rings is 2. The second kappa shape index (κ2) is 16.7. The third kappa shape index (κ3) is 8.96.